The van der Waals surface area contributed by atoms with Crippen molar-refractivity contribution in [2.24, 2.45) is 0 Å². The van der Waals surface area contributed by atoms with Gasteiger partial charge in [0.1, 0.15) is 10.6 Å². The van der Waals surface area contributed by atoms with Crippen molar-refractivity contribution in [2.75, 3.05) is 26.8 Å². The SMILES string of the molecule is COCCCNC(=O)CCNS(=O)(=O)c1c(C)noc1C. The summed E-state index contributed by atoms with van der Waals surface area (Å²) < 4.78 is 36.2. The average Bonchev–Trinajstić information content (AvgIpc) is 2.74. The molecule has 1 rings (SSSR count). The number of aryl methyl sites for hydroxylation is 2. The highest BCUT2D eigenvalue weighted by Crippen LogP contribution is 2.18. The highest BCUT2D eigenvalue weighted by Gasteiger charge is 2.23. The molecule has 1 amide bonds. The van der Waals surface area contributed by atoms with Crippen LogP contribution in [0.3, 0.4) is 0 Å². The fourth-order valence-electron chi connectivity index (χ4n) is 1.76. The van der Waals surface area contributed by atoms with Gasteiger partial charge in [-0.15, -0.1) is 0 Å². The Labute approximate surface area is 124 Å². The molecule has 0 aliphatic rings. The Hall–Kier alpha value is -1.45. The van der Waals surface area contributed by atoms with Gasteiger partial charge >= 0.3 is 0 Å². The molecule has 0 radical (unpaired) electrons. The molecule has 0 bridgehead atoms. The lowest BCUT2D eigenvalue weighted by Crippen LogP contribution is -2.31. The van der Waals surface area contributed by atoms with Crippen molar-refractivity contribution in [1.29, 1.82) is 0 Å². The summed E-state index contributed by atoms with van der Waals surface area (Å²) in [6.07, 6.45) is 0.780. The monoisotopic (exact) mass is 319 g/mol. The topological polar surface area (TPSA) is 111 Å². The first-order valence-corrected chi connectivity index (χ1v) is 8.05. The maximum absolute atomic E-state index is 12.1. The minimum atomic E-state index is -3.71. The number of amides is 1. The standard InChI is InChI=1S/C12H21N3O5S/c1-9-12(10(2)20-15-9)21(17,18)14-7-5-11(16)13-6-4-8-19-3/h14H,4-8H2,1-3H3,(H,13,16). The Morgan fingerprint density at radius 2 is 2.05 bits per heavy atom. The van der Waals surface area contributed by atoms with Gasteiger partial charge in [0.15, 0.2) is 5.76 Å². The maximum atomic E-state index is 12.1. The van der Waals surface area contributed by atoms with E-state index in [1.165, 1.54) is 6.92 Å². The lowest BCUT2D eigenvalue weighted by Gasteiger charge is -2.07. The van der Waals surface area contributed by atoms with E-state index in [4.69, 9.17) is 9.26 Å². The van der Waals surface area contributed by atoms with Crippen LogP contribution in [0.5, 0.6) is 0 Å². The molecular formula is C12H21N3O5S. The lowest BCUT2D eigenvalue weighted by molar-refractivity contribution is -0.120. The van der Waals surface area contributed by atoms with E-state index in [-0.39, 0.29) is 29.5 Å². The number of hydrogen-bond acceptors (Lipinski definition) is 6. The smallest absolute Gasteiger partial charge is 0.245 e. The van der Waals surface area contributed by atoms with E-state index >= 15 is 0 Å². The maximum Gasteiger partial charge on any atom is 0.245 e. The molecule has 2 N–H and O–H groups in total. The number of hydrogen-bond donors (Lipinski definition) is 2. The molecule has 0 aromatic carbocycles. The summed E-state index contributed by atoms with van der Waals surface area (Å²) in [5.41, 5.74) is 0.295. The minimum Gasteiger partial charge on any atom is -0.385 e. The lowest BCUT2D eigenvalue weighted by atomic mass is 10.4. The molecule has 0 aliphatic carbocycles. The second-order valence-electron chi connectivity index (χ2n) is 4.50. The molecule has 0 unspecified atom stereocenters. The van der Waals surface area contributed by atoms with Gasteiger partial charge in [-0.1, -0.05) is 5.16 Å². The molecule has 21 heavy (non-hydrogen) atoms. The first-order valence-electron chi connectivity index (χ1n) is 6.56. The van der Waals surface area contributed by atoms with Crippen LogP contribution in [0, 0.1) is 13.8 Å². The van der Waals surface area contributed by atoms with Gasteiger partial charge in [-0.25, -0.2) is 13.1 Å². The van der Waals surface area contributed by atoms with Crippen LogP contribution < -0.4 is 10.0 Å². The summed E-state index contributed by atoms with van der Waals surface area (Å²) >= 11 is 0. The molecule has 1 heterocycles. The molecule has 9 heteroatoms. The van der Waals surface area contributed by atoms with Crippen molar-refractivity contribution in [3.8, 4) is 0 Å². The zero-order valence-corrected chi connectivity index (χ0v) is 13.2. The van der Waals surface area contributed by atoms with Crippen molar-refractivity contribution in [3.05, 3.63) is 11.5 Å². The van der Waals surface area contributed by atoms with Crippen LogP contribution in [0.15, 0.2) is 9.42 Å². The van der Waals surface area contributed by atoms with E-state index in [1.54, 1.807) is 14.0 Å². The van der Waals surface area contributed by atoms with Crippen molar-refractivity contribution < 1.29 is 22.5 Å². The first kappa shape index (κ1) is 17.6. The van der Waals surface area contributed by atoms with Crippen LogP contribution in [0.1, 0.15) is 24.3 Å². The van der Waals surface area contributed by atoms with E-state index < -0.39 is 10.0 Å². The van der Waals surface area contributed by atoms with Gasteiger partial charge in [-0.3, -0.25) is 4.79 Å². The van der Waals surface area contributed by atoms with Crippen LogP contribution in [0.2, 0.25) is 0 Å². The summed E-state index contributed by atoms with van der Waals surface area (Å²) in [5.74, 6) is 0.0107. The zero-order valence-electron chi connectivity index (χ0n) is 12.4. The van der Waals surface area contributed by atoms with Gasteiger partial charge in [-0.2, -0.15) is 0 Å². The van der Waals surface area contributed by atoms with Gasteiger partial charge in [0.05, 0.1) is 0 Å². The molecule has 0 saturated heterocycles. The predicted molar refractivity (Wildman–Crippen MR) is 75.3 cm³/mol. The molecule has 8 nitrogen and oxygen atoms in total. The molecule has 0 spiro atoms. The van der Waals surface area contributed by atoms with Crippen LogP contribution in [-0.4, -0.2) is 46.3 Å². The number of carbonyl (C=O) groups excluding carboxylic acids is 1. The number of sulfonamides is 1. The zero-order chi connectivity index (χ0) is 15.9. The number of carbonyl (C=O) groups is 1. The molecule has 0 fully saturated rings. The highest BCUT2D eigenvalue weighted by atomic mass is 32.2. The fraction of sp³-hybridized carbons (Fsp3) is 0.667. The molecular weight excluding hydrogens is 298 g/mol. The van der Waals surface area contributed by atoms with Crippen LogP contribution >= 0.6 is 0 Å². The molecule has 1 aromatic heterocycles. The molecule has 1 aromatic rings. The van der Waals surface area contributed by atoms with Gasteiger partial charge in [0, 0.05) is 33.2 Å². The summed E-state index contributed by atoms with van der Waals surface area (Å²) in [6, 6.07) is 0. The Kier molecular flexibility index (Phi) is 6.79. The van der Waals surface area contributed by atoms with Crippen LogP contribution in [-0.2, 0) is 19.6 Å². The molecule has 120 valence electrons. The first-order chi connectivity index (χ1) is 9.88. The fourth-order valence-corrected chi connectivity index (χ4v) is 3.12. The van der Waals surface area contributed by atoms with Gasteiger partial charge in [-0.05, 0) is 20.3 Å². The third-order valence-electron chi connectivity index (χ3n) is 2.73. The number of rotatable bonds is 9. The third kappa shape index (κ3) is 5.44. The normalized spacial score (nSPS) is 11.6. The number of ether oxygens (including phenoxy) is 1. The Morgan fingerprint density at radius 3 is 2.62 bits per heavy atom. The number of nitrogens with one attached hydrogen (secondary N) is 2. The Morgan fingerprint density at radius 1 is 1.33 bits per heavy atom. The quantitative estimate of drug-likeness (QED) is 0.625. The van der Waals surface area contributed by atoms with Crippen molar-refractivity contribution >= 4 is 15.9 Å². The Balaban J connectivity index is 2.40. The summed E-state index contributed by atoms with van der Waals surface area (Å²) in [6.45, 7) is 4.16. The van der Waals surface area contributed by atoms with Gasteiger partial charge in [0.2, 0.25) is 15.9 Å². The second kappa shape index (κ2) is 8.11. The van der Waals surface area contributed by atoms with Gasteiger partial charge < -0.3 is 14.6 Å². The van der Waals surface area contributed by atoms with E-state index in [0.29, 0.717) is 25.3 Å². The highest BCUT2D eigenvalue weighted by molar-refractivity contribution is 7.89. The van der Waals surface area contributed by atoms with E-state index in [0.717, 1.165) is 0 Å². The summed E-state index contributed by atoms with van der Waals surface area (Å²) in [7, 11) is -2.12. The van der Waals surface area contributed by atoms with E-state index in [2.05, 4.69) is 15.2 Å². The van der Waals surface area contributed by atoms with Crippen molar-refractivity contribution in [2.45, 2.75) is 31.6 Å². The number of methoxy groups -OCH3 is 1. The number of aromatic nitrogens is 1. The second-order valence-corrected chi connectivity index (χ2v) is 6.20. The molecule has 0 atom stereocenters. The van der Waals surface area contributed by atoms with Crippen LogP contribution in [0.25, 0.3) is 0 Å². The summed E-state index contributed by atoms with van der Waals surface area (Å²) in [4.78, 5) is 11.5. The van der Waals surface area contributed by atoms with Crippen molar-refractivity contribution in [3.63, 3.8) is 0 Å². The Bertz CT molecular complexity index is 548. The van der Waals surface area contributed by atoms with E-state index in [1.807, 2.05) is 0 Å². The van der Waals surface area contributed by atoms with Crippen LogP contribution in [0.4, 0.5) is 0 Å². The molecule has 0 aliphatic heterocycles. The minimum absolute atomic E-state index is 0.0164. The van der Waals surface area contributed by atoms with Gasteiger partial charge in [0.25, 0.3) is 0 Å². The molecule has 0 saturated carbocycles. The summed E-state index contributed by atoms with van der Waals surface area (Å²) in [5, 5.41) is 6.27. The predicted octanol–water partition coefficient (Wildman–Crippen LogP) is 0.113. The van der Waals surface area contributed by atoms with E-state index in [9.17, 15) is 13.2 Å². The largest absolute Gasteiger partial charge is 0.385 e. The average molecular weight is 319 g/mol. The number of nitrogens with zero attached hydrogens (tertiary/aromatic N) is 1. The third-order valence-corrected chi connectivity index (χ3v) is 4.43. The van der Waals surface area contributed by atoms with Crippen molar-refractivity contribution in [1.82, 2.24) is 15.2 Å².